The maximum Gasteiger partial charge on any atom is 0.156 e. The van der Waals surface area contributed by atoms with Crippen LogP contribution in [0.2, 0.25) is 0 Å². The first kappa shape index (κ1) is 18.1. The number of aryl methyl sites for hydroxylation is 1. The highest BCUT2D eigenvalue weighted by Crippen LogP contribution is 2.51. The second-order valence-corrected chi connectivity index (χ2v) is 7.84. The van der Waals surface area contributed by atoms with Gasteiger partial charge in [-0.3, -0.25) is 0 Å². The number of rotatable bonds is 6. The molecule has 4 aromatic heterocycles. The molecule has 4 heterocycles. The molecular formula is C21H25N7O. The van der Waals surface area contributed by atoms with E-state index in [9.17, 15) is 0 Å². The second kappa shape index (κ2) is 6.53. The molecule has 1 aliphatic carbocycles. The highest BCUT2D eigenvalue weighted by molar-refractivity contribution is 6.07. The van der Waals surface area contributed by atoms with Crippen molar-refractivity contribution in [3.8, 4) is 11.4 Å². The summed E-state index contributed by atoms with van der Waals surface area (Å²) in [6.07, 6.45) is 3.71. The lowest BCUT2D eigenvalue weighted by molar-refractivity contribution is 0.187. The van der Waals surface area contributed by atoms with Crippen LogP contribution in [-0.2, 0) is 17.3 Å². The van der Waals surface area contributed by atoms with Gasteiger partial charge in [-0.25, -0.2) is 15.0 Å². The molecule has 2 atom stereocenters. The number of hydrogen-bond acceptors (Lipinski definition) is 6. The van der Waals surface area contributed by atoms with Gasteiger partial charge in [0, 0.05) is 33.2 Å². The van der Waals surface area contributed by atoms with E-state index in [2.05, 4.69) is 21.4 Å². The van der Waals surface area contributed by atoms with Gasteiger partial charge in [-0.15, -0.1) is 0 Å². The lowest BCUT2D eigenvalue weighted by Crippen LogP contribution is -2.24. The zero-order valence-corrected chi connectivity index (χ0v) is 16.9. The molecule has 29 heavy (non-hydrogen) atoms. The SMILES string of the molecule is CNc1nc2[nH]c(-c3cccc(C4(N)C[C@H]4CCOC)n3)cc2c2c1ncn2C. The van der Waals surface area contributed by atoms with Crippen LogP contribution in [0.15, 0.2) is 30.6 Å². The van der Waals surface area contributed by atoms with Crippen LogP contribution in [0.5, 0.6) is 0 Å². The summed E-state index contributed by atoms with van der Waals surface area (Å²) >= 11 is 0. The van der Waals surface area contributed by atoms with Gasteiger partial charge in [-0.05, 0) is 37.0 Å². The Bertz CT molecular complexity index is 1210. The maximum absolute atomic E-state index is 6.63. The minimum Gasteiger partial charge on any atom is -0.385 e. The number of pyridine rings is 2. The number of aromatic nitrogens is 5. The van der Waals surface area contributed by atoms with Crippen molar-refractivity contribution in [2.24, 2.45) is 18.7 Å². The normalized spacial score (nSPS) is 21.2. The molecule has 0 amide bonds. The van der Waals surface area contributed by atoms with Crippen molar-refractivity contribution in [1.82, 2.24) is 24.5 Å². The third kappa shape index (κ3) is 2.79. The fraction of sp³-hybridized carbons (Fsp3) is 0.381. The number of ether oxygens (including phenoxy) is 1. The molecular weight excluding hydrogens is 366 g/mol. The van der Waals surface area contributed by atoms with Crippen LogP contribution in [-0.4, -0.2) is 45.3 Å². The summed E-state index contributed by atoms with van der Waals surface area (Å²) < 4.78 is 7.22. The number of aromatic amines is 1. The molecule has 1 aliphatic rings. The van der Waals surface area contributed by atoms with Crippen molar-refractivity contribution in [3.05, 3.63) is 36.3 Å². The summed E-state index contributed by atoms with van der Waals surface area (Å²) in [7, 11) is 5.57. The summed E-state index contributed by atoms with van der Waals surface area (Å²) in [5.41, 5.74) is 11.7. The topological polar surface area (TPSA) is 107 Å². The summed E-state index contributed by atoms with van der Waals surface area (Å²) in [4.78, 5) is 17.5. The number of hydrogen-bond donors (Lipinski definition) is 3. The van der Waals surface area contributed by atoms with E-state index in [4.69, 9.17) is 20.4 Å². The van der Waals surface area contributed by atoms with Crippen LogP contribution in [0.1, 0.15) is 18.5 Å². The predicted molar refractivity (Wildman–Crippen MR) is 114 cm³/mol. The van der Waals surface area contributed by atoms with Crippen molar-refractivity contribution in [2.75, 3.05) is 26.1 Å². The average Bonchev–Trinajstić information content (AvgIpc) is 3.04. The fourth-order valence-electron chi connectivity index (χ4n) is 4.24. The minimum atomic E-state index is -0.354. The summed E-state index contributed by atoms with van der Waals surface area (Å²) in [6.45, 7) is 0.728. The molecule has 1 unspecified atom stereocenters. The molecule has 8 heteroatoms. The van der Waals surface area contributed by atoms with Crippen molar-refractivity contribution >= 4 is 27.9 Å². The van der Waals surface area contributed by atoms with E-state index in [0.29, 0.717) is 5.92 Å². The van der Waals surface area contributed by atoms with Gasteiger partial charge in [0.2, 0.25) is 0 Å². The molecule has 4 aromatic rings. The van der Waals surface area contributed by atoms with Crippen LogP contribution >= 0.6 is 0 Å². The molecule has 0 aromatic carbocycles. The van der Waals surface area contributed by atoms with Crippen molar-refractivity contribution in [1.29, 1.82) is 0 Å². The first-order valence-electron chi connectivity index (χ1n) is 9.82. The number of nitrogens with one attached hydrogen (secondary N) is 2. The highest BCUT2D eigenvalue weighted by atomic mass is 16.5. The van der Waals surface area contributed by atoms with Gasteiger partial charge in [0.05, 0.1) is 34.5 Å². The van der Waals surface area contributed by atoms with E-state index < -0.39 is 0 Å². The van der Waals surface area contributed by atoms with Gasteiger partial charge in [-0.1, -0.05) is 6.07 Å². The molecule has 0 spiro atoms. The number of fused-ring (bicyclic) bond motifs is 3. The Balaban J connectivity index is 1.57. The average molecular weight is 391 g/mol. The minimum absolute atomic E-state index is 0.354. The standard InChI is InChI=1S/C21H25N7O/c1-23-20-17-18(28(2)11-24-17)13-9-15(26-19(13)27-20)14-5-4-6-16(25-14)21(22)10-12(21)7-8-29-3/h4-6,9,11-12H,7-8,10,22H2,1-3H3,(H2,23,26,27)/t12-,21?/m1/s1. The molecule has 4 N–H and O–H groups in total. The Morgan fingerprint density at radius 2 is 2.24 bits per heavy atom. The highest BCUT2D eigenvalue weighted by Gasteiger charge is 2.52. The van der Waals surface area contributed by atoms with E-state index in [1.807, 2.05) is 43.2 Å². The number of methoxy groups -OCH3 is 1. The number of nitrogens with zero attached hydrogens (tertiary/aromatic N) is 4. The van der Waals surface area contributed by atoms with Crippen LogP contribution < -0.4 is 11.1 Å². The van der Waals surface area contributed by atoms with E-state index >= 15 is 0 Å². The lowest BCUT2D eigenvalue weighted by Gasteiger charge is -2.12. The van der Waals surface area contributed by atoms with Crippen molar-refractivity contribution in [3.63, 3.8) is 0 Å². The Kier molecular flexibility index (Phi) is 4.07. The monoisotopic (exact) mass is 391 g/mol. The van der Waals surface area contributed by atoms with Gasteiger partial charge in [0.1, 0.15) is 11.2 Å². The zero-order valence-electron chi connectivity index (χ0n) is 16.9. The molecule has 0 aliphatic heterocycles. The third-order valence-electron chi connectivity index (χ3n) is 6.00. The number of H-pyrrole nitrogens is 1. The van der Waals surface area contributed by atoms with Gasteiger partial charge in [0.25, 0.3) is 0 Å². The molecule has 5 rings (SSSR count). The van der Waals surface area contributed by atoms with Crippen LogP contribution in [0, 0.1) is 5.92 Å². The van der Waals surface area contributed by atoms with Crippen LogP contribution in [0.4, 0.5) is 5.82 Å². The van der Waals surface area contributed by atoms with Gasteiger partial charge in [-0.2, -0.15) is 0 Å². The molecule has 0 saturated heterocycles. The van der Waals surface area contributed by atoms with Gasteiger partial charge < -0.3 is 25.3 Å². The molecule has 8 nitrogen and oxygen atoms in total. The second-order valence-electron chi connectivity index (χ2n) is 7.84. The van der Waals surface area contributed by atoms with Gasteiger partial charge in [0.15, 0.2) is 5.82 Å². The Hall–Kier alpha value is -2.97. The Morgan fingerprint density at radius 3 is 3.03 bits per heavy atom. The molecule has 0 bridgehead atoms. The predicted octanol–water partition coefficient (Wildman–Crippen LogP) is 2.76. The fourth-order valence-corrected chi connectivity index (χ4v) is 4.24. The lowest BCUT2D eigenvalue weighted by atomic mass is 10.1. The zero-order chi connectivity index (χ0) is 20.2. The number of imidazole rings is 1. The van der Waals surface area contributed by atoms with Crippen molar-refractivity contribution < 1.29 is 4.74 Å². The maximum atomic E-state index is 6.63. The van der Waals surface area contributed by atoms with E-state index in [1.54, 1.807) is 7.11 Å². The van der Waals surface area contributed by atoms with Crippen LogP contribution in [0.3, 0.4) is 0 Å². The number of nitrogens with two attached hydrogens (primary N) is 1. The van der Waals surface area contributed by atoms with Crippen LogP contribution in [0.25, 0.3) is 33.5 Å². The van der Waals surface area contributed by atoms with E-state index in [0.717, 1.165) is 64.4 Å². The molecule has 0 radical (unpaired) electrons. The largest absolute Gasteiger partial charge is 0.385 e. The molecule has 1 saturated carbocycles. The summed E-state index contributed by atoms with van der Waals surface area (Å²) in [5.74, 6) is 1.17. The number of anilines is 1. The van der Waals surface area contributed by atoms with E-state index in [-0.39, 0.29) is 5.54 Å². The molecule has 1 fully saturated rings. The Labute approximate surface area is 168 Å². The summed E-state index contributed by atoms with van der Waals surface area (Å²) in [6, 6.07) is 8.14. The van der Waals surface area contributed by atoms with Gasteiger partial charge >= 0.3 is 0 Å². The third-order valence-corrected chi connectivity index (χ3v) is 6.00. The Morgan fingerprint density at radius 1 is 1.38 bits per heavy atom. The smallest absolute Gasteiger partial charge is 0.156 e. The quantitative estimate of drug-likeness (QED) is 0.467. The molecule has 150 valence electrons. The summed E-state index contributed by atoms with van der Waals surface area (Å²) in [5, 5.41) is 4.16. The first-order valence-corrected chi connectivity index (χ1v) is 9.82. The van der Waals surface area contributed by atoms with E-state index in [1.165, 1.54) is 0 Å². The first-order chi connectivity index (χ1) is 14.0. The van der Waals surface area contributed by atoms with Crippen molar-refractivity contribution in [2.45, 2.75) is 18.4 Å².